The predicted octanol–water partition coefficient (Wildman–Crippen LogP) is 5.40. The van der Waals surface area contributed by atoms with Gasteiger partial charge in [0.25, 0.3) is 0 Å². The molecule has 4 heteroatoms. The summed E-state index contributed by atoms with van der Waals surface area (Å²) in [7, 11) is 0. The van der Waals surface area contributed by atoms with E-state index in [1.807, 2.05) is 12.1 Å². The molecule has 3 aliphatic rings. The zero-order valence-electron chi connectivity index (χ0n) is 16.6. The summed E-state index contributed by atoms with van der Waals surface area (Å²) in [4.78, 5) is 6.48. The Kier molecular flexibility index (Phi) is 4.11. The van der Waals surface area contributed by atoms with E-state index < -0.39 is 0 Å². The number of rotatable bonds is 3. The van der Waals surface area contributed by atoms with Gasteiger partial charge in [-0.2, -0.15) is 0 Å². The van der Waals surface area contributed by atoms with Gasteiger partial charge in [0.2, 0.25) is 0 Å². The second-order valence-electron chi connectivity index (χ2n) is 9.48. The lowest BCUT2D eigenvalue weighted by Gasteiger charge is -2.51. The van der Waals surface area contributed by atoms with E-state index in [0.29, 0.717) is 11.7 Å². The van der Waals surface area contributed by atoms with Crippen molar-refractivity contribution in [1.29, 1.82) is 0 Å². The number of benzene rings is 2. The van der Waals surface area contributed by atoms with Crippen molar-refractivity contribution in [3.8, 4) is 5.75 Å². The van der Waals surface area contributed by atoms with E-state index in [-0.39, 0.29) is 5.41 Å². The Bertz CT molecular complexity index is 1090. The van der Waals surface area contributed by atoms with E-state index in [9.17, 15) is 5.11 Å². The van der Waals surface area contributed by atoms with Crippen molar-refractivity contribution in [2.75, 3.05) is 19.6 Å². The molecule has 1 aromatic heterocycles. The Morgan fingerprint density at radius 1 is 1.17 bits per heavy atom. The molecule has 2 N–H and O–H groups in total. The number of hydrogen-bond donors (Lipinski definition) is 2. The van der Waals surface area contributed by atoms with Crippen LogP contribution in [0.4, 0.5) is 0 Å². The van der Waals surface area contributed by atoms with Crippen LogP contribution in [-0.4, -0.2) is 34.6 Å². The number of fused-ring (bicyclic) bond motifs is 4. The summed E-state index contributed by atoms with van der Waals surface area (Å²) in [5.74, 6) is 1.91. The molecule has 1 aliphatic heterocycles. The Morgan fingerprint density at radius 3 is 2.86 bits per heavy atom. The molecule has 1 saturated carbocycles. The highest BCUT2D eigenvalue weighted by Crippen LogP contribution is 2.50. The molecule has 0 amide bonds. The lowest BCUT2D eigenvalue weighted by molar-refractivity contribution is 0.0783. The van der Waals surface area contributed by atoms with Crippen molar-refractivity contribution in [2.24, 2.45) is 11.8 Å². The molecule has 0 bridgehead atoms. The van der Waals surface area contributed by atoms with Crippen LogP contribution >= 0.6 is 15.9 Å². The van der Waals surface area contributed by atoms with Gasteiger partial charge in [-0.15, -0.1) is 0 Å². The van der Waals surface area contributed by atoms with E-state index in [0.717, 1.165) is 23.2 Å². The number of aromatic amines is 1. The molecule has 2 heterocycles. The van der Waals surface area contributed by atoms with Gasteiger partial charge in [-0.1, -0.05) is 24.3 Å². The van der Waals surface area contributed by atoms with Crippen LogP contribution in [0.25, 0.3) is 10.9 Å². The van der Waals surface area contributed by atoms with Crippen LogP contribution in [0.1, 0.15) is 36.1 Å². The Morgan fingerprint density at radius 2 is 2.03 bits per heavy atom. The Balaban J connectivity index is 1.46. The highest BCUT2D eigenvalue weighted by Gasteiger charge is 2.48. The lowest BCUT2D eigenvalue weighted by Crippen LogP contribution is -2.54. The molecule has 2 unspecified atom stereocenters. The summed E-state index contributed by atoms with van der Waals surface area (Å²) in [5.41, 5.74) is 5.56. The fourth-order valence-corrected chi connectivity index (χ4v) is 6.46. The van der Waals surface area contributed by atoms with Crippen molar-refractivity contribution < 1.29 is 5.11 Å². The van der Waals surface area contributed by atoms with E-state index >= 15 is 0 Å². The third-order valence-corrected chi connectivity index (χ3v) is 8.35. The number of aromatic nitrogens is 1. The Labute approximate surface area is 180 Å². The molecule has 29 heavy (non-hydrogen) atoms. The second kappa shape index (κ2) is 6.61. The number of likely N-dealkylation sites (tertiary alicyclic amines) is 1. The number of halogens is 1. The fourth-order valence-electron chi connectivity index (χ4n) is 6.00. The number of piperidine rings is 1. The first-order valence-corrected chi connectivity index (χ1v) is 11.7. The summed E-state index contributed by atoms with van der Waals surface area (Å²) in [6.45, 7) is 3.62. The van der Waals surface area contributed by atoms with Crippen LogP contribution < -0.4 is 0 Å². The van der Waals surface area contributed by atoms with Crippen LogP contribution in [0, 0.1) is 11.8 Å². The molecule has 6 rings (SSSR count). The lowest BCUT2D eigenvalue weighted by atomic mass is 9.58. The third kappa shape index (κ3) is 2.95. The number of phenols is 1. The summed E-state index contributed by atoms with van der Waals surface area (Å²) < 4.78 is 1.15. The Hall–Kier alpha value is -1.78. The predicted molar refractivity (Wildman–Crippen MR) is 120 cm³/mol. The smallest absolute Gasteiger partial charge is 0.115 e. The van der Waals surface area contributed by atoms with Gasteiger partial charge in [-0.3, -0.25) is 0 Å². The first-order valence-electron chi connectivity index (χ1n) is 10.9. The topological polar surface area (TPSA) is 39.3 Å². The van der Waals surface area contributed by atoms with Crippen LogP contribution in [0.15, 0.2) is 46.9 Å². The van der Waals surface area contributed by atoms with E-state index in [2.05, 4.69) is 50.1 Å². The minimum absolute atomic E-state index is 0.110. The third-order valence-electron chi connectivity index (χ3n) is 7.69. The number of nitrogens with one attached hydrogen (secondary N) is 1. The molecule has 3 aromatic rings. The molecule has 0 radical (unpaired) electrons. The number of phenolic OH excluding ortho intramolecular Hbond substituents is 1. The van der Waals surface area contributed by atoms with Crippen LogP contribution in [0.2, 0.25) is 0 Å². The van der Waals surface area contributed by atoms with Gasteiger partial charge in [0.05, 0.1) is 5.52 Å². The number of H-pyrrole nitrogens is 1. The summed E-state index contributed by atoms with van der Waals surface area (Å²) >= 11 is 3.74. The van der Waals surface area contributed by atoms with Crippen molar-refractivity contribution in [3.05, 3.63) is 63.8 Å². The van der Waals surface area contributed by atoms with Crippen LogP contribution in [0.3, 0.4) is 0 Å². The number of hydrogen-bond acceptors (Lipinski definition) is 2. The monoisotopic (exact) mass is 450 g/mol. The molecule has 2 aromatic carbocycles. The van der Waals surface area contributed by atoms with Crippen LogP contribution in [0.5, 0.6) is 5.75 Å². The maximum Gasteiger partial charge on any atom is 0.115 e. The molecular weight excluding hydrogens is 424 g/mol. The van der Waals surface area contributed by atoms with Gasteiger partial charge < -0.3 is 15.0 Å². The average molecular weight is 451 g/mol. The zero-order valence-corrected chi connectivity index (χ0v) is 18.2. The average Bonchev–Trinajstić information content (AvgIpc) is 3.46. The number of para-hydroxylation sites is 1. The van der Waals surface area contributed by atoms with Crippen molar-refractivity contribution >= 4 is 26.8 Å². The van der Waals surface area contributed by atoms with Gasteiger partial charge >= 0.3 is 0 Å². The maximum atomic E-state index is 10.2. The van der Waals surface area contributed by atoms with E-state index in [1.165, 1.54) is 66.6 Å². The van der Waals surface area contributed by atoms with Gasteiger partial charge in [-0.25, -0.2) is 0 Å². The van der Waals surface area contributed by atoms with Gasteiger partial charge in [-0.05, 0) is 95.7 Å². The zero-order chi connectivity index (χ0) is 19.6. The summed E-state index contributed by atoms with van der Waals surface area (Å²) in [6, 6.07) is 14.6. The normalized spacial score (nSPS) is 27.0. The largest absolute Gasteiger partial charge is 0.508 e. The SMILES string of the molecule is Oc1cccc(C23CCN(CC4CC4)CC2Cc2c([nH]c4c(Br)cccc24)C3)c1. The van der Waals surface area contributed by atoms with Gasteiger partial charge in [0.1, 0.15) is 5.75 Å². The van der Waals surface area contributed by atoms with E-state index in [1.54, 1.807) is 6.07 Å². The molecule has 1 saturated heterocycles. The number of nitrogens with zero attached hydrogens (tertiary/aromatic N) is 1. The fraction of sp³-hybridized carbons (Fsp3) is 0.440. The minimum atomic E-state index is 0.110. The van der Waals surface area contributed by atoms with Gasteiger partial charge in [0.15, 0.2) is 0 Å². The molecule has 0 spiro atoms. The summed E-state index contributed by atoms with van der Waals surface area (Å²) in [5, 5.41) is 11.6. The molecule has 2 aliphatic carbocycles. The van der Waals surface area contributed by atoms with Crippen molar-refractivity contribution in [2.45, 2.75) is 37.5 Å². The van der Waals surface area contributed by atoms with Crippen molar-refractivity contribution in [1.82, 2.24) is 9.88 Å². The van der Waals surface area contributed by atoms with Gasteiger partial charge in [0, 0.05) is 34.1 Å². The standard InChI is InChI=1S/C25H27BrN2O/c26-22-6-2-5-20-21-12-18-15-28(14-16-7-8-16)10-9-25(18,13-23(21)27-24(20)22)17-3-1-4-19(29)11-17/h1-6,11,16,18,27,29H,7-10,12-15H2. The molecule has 2 fully saturated rings. The molecular formula is C25H27BrN2O. The number of aromatic hydroxyl groups is 1. The molecule has 3 nitrogen and oxygen atoms in total. The van der Waals surface area contributed by atoms with Crippen molar-refractivity contribution in [3.63, 3.8) is 0 Å². The highest BCUT2D eigenvalue weighted by molar-refractivity contribution is 9.10. The molecule has 2 atom stereocenters. The highest BCUT2D eigenvalue weighted by atomic mass is 79.9. The first-order chi connectivity index (χ1) is 14.1. The van der Waals surface area contributed by atoms with Crippen LogP contribution in [-0.2, 0) is 18.3 Å². The minimum Gasteiger partial charge on any atom is -0.508 e. The maximum absolute atomic E-state index is 10.2. The molecule has 150 valence electrons. The summed E-state index contributed by atoms with van der Waals surface area (Å²) in [6.07, 6.45) is 6.15. The quantitative estimate of drug-likeness (QED) is 0.560. The first kappa shape index (κ1) is 18.0. The van der Waals surface area contributed by atoms with E-state index in [4.69, 9.17) is 0 Å². The second-order valence-corrected chi connectivity index (χ2v) is 10.3.